The number of hydrogen-bond acceptors (Lipinski definition) is 1. The topological polar surface area (TPSA) is 9.23 Å². The van der Waals surface area contributed by atoms with Crippen molar-refractivity contribution in [2.24, 2.45) is 0 Å². The van der Waals surface area contributed by atoms with Crippen LogP contribution in [0.5, 0.6) is 11.5 Å². The van der Waals surface area contributed by atoms with Gasteiger partial charge in [0.2, 0.25) is 0 Å². The molecule has 0 unspecified atom stereocenters. The second kappa shape index (κ2) is 31.0. The number of aryl methyl sites for hydroxylation is 4. The molecule has 2 aromatic carbocycles. The maximum atomic E-state index is 6.93. The van der Waals surface area contributed by atoms with Crippen molar-refractivity contribution in [1.29, 1.82) is 0 Å². The molecule has 280 valence electrons. The summed E-state index contributed by atoms with van der Waals surface area (Å²) in [5, 5.41) is 0. The fraction of sp³-hybridized carbons (Fsp3) is 0.750. The Morgan fingerprint density at radius 2 is 0.571 bits per heavy atom. The molecular formula is C48H82O. The van der Waals surface area contributed by atoms with Gasteiger partial charge < -0.3 is 4.74 Å². The molecule has 0 atom stereocenters. The van der Waals surface area contributed by atoms with Crippen LogP contribution in [0.1, 0.15) is 230 Å². The monoisotopic (exact) mass is 675 g/mol. The van der Waals surface area contributed by atoms with Crippen molar-refractivity contribution in [2.75, 3.05) is 0 Å². The van der Waals surface area contributed by atoms with Crippen molar-refractivity contribution in [3.63, 3.8) is 0 Å². The van der Waals surface area contributed by atoms with Crippen LogP contribution >= 0.6 is 0 Å². The minimum atomic E-state index is 1.11. The fourth-order valence-electron chi connectivity index (χ4n) is 7.40. The van der Waals surface area contributed by atoms with Gasteiger partial charge in [0.25, 0.3) is 0 Å². The molecule has 0 radical (unpaired) electrons. The van der Waals surface area contributed by atoms with E-state index in [2.05, 4.69) is 64.1 Å². The molecule has 0 saturated heterocycles. The van der Waals surface area contributed by atoms with Crippen LogP contribution in [0.4, 0.5) is 0 Å². The first-order valence-corrected chi connectivity index (χ1v) is 22.1. The average Bonchev–Trinajstić information content (AvgIpc) is 3.11. The van der Waals surface area contributed by atoms with E-state index in [1.807, 2.05) is 0 Å². The molecule has 0 N–H and O–H groups in total. The lowest BCUT2D eigenvalue weighted by atomic mass is 9.98. The Morgan fingerprint density at radius 1 is 0.306 bits per heavy atom. The summed E-state index contributed by atoms with van der Waals surface area (Å²) in [5.41, 5.74) is 5.88. The van der Waals surface area contributed by atoms with Crippen LogP contribution in [0.3, 0.4) is 0 Å². The highest BCUT2D eigenvalue weighted by molar-refractivity contribution is 5.44. The predicted octanol–water partition coefficient (Wildman–Crippen LogP) is 16.7. The van der Waals surface area contributed by atoms with E-state index < -0.39 is 0 Å². The van der Waals surface area contributed by atoms with Crippen molar-refractivity contribution in [3.8, 4) is 11.5 Å². The summed E-state index contributed by atoms with van der Waals surface area (Å²) in [7, 11) is 0. The first kappa shape index (κ1) is 43.4. The molecule has 0 amide bonds. The molecule has 0 aromatic heterocycles. The zero-order valence-electron chi connectivity index (χ0n) is 33.5. The zero-order valence-corrected chi connectivity index (χ0v) is 33.5. The summed E-state index contributed by atoms with van der Waals surface area (Å²) in [6, 6.07) is 14.4. The van der Waals surface area contributed by atoms with Gasteiger partial charge in [0.05, 0.1) is 0 Å². The van der Waals surface area contributed by atoms with Gasteiger partial charge in [-0.1, -0.05) is 206 Å². The van der Waals surface area contributed by atoms with Gasteiger partial charge in [0, 0.05) is 0 Å². The van der Waals surface area contributed by atoms with Crippen LogP contribution in [0, 0.1) is 0 Å². The lowest BCUT2D eigenvalue weighted by molar-refractivity contribution is 0.465. The van der Waals surface area contributed by atoms with Crippen LogP contribution in [0.2, 0.25) is 0 Å². The third-order valence-electron chi connectivity index (χ3n) is 10.7. The SMILES string of the molecule is CCCCCCCCCc1ccc(Oc2ccc(CCCCCCCCC)cc2CCCCCCCCC)c(CCCCCCCCC)c1. The molecule has 0 spiro atoms. The lowest BCUT2D eigenvalue weighted by Gasteiger charge is -2.17. The third-order valence-corrected chi connectivity index (χ3v) is 10.7. The van der Waals surface area contributed by atoms with Gasteiger partial charge in [0.1, 0.15) is 11.5 Å². The van der Waals surface area contributed by atoms with E-state index >= 15 is 0 Å². The summed E-state index contributed by atoms with van der Waals surface area (Å²) in [5.74, 6) is 2.21. The van der Waals surface area contributed by atoms with Crippen LogP contribution in [0.25, 0.3) is 0 Å². The Labute approximate surface area is 307 Å². The second-order valence-corrected chi connectivity index (χ2v) is 15.5. The highest BCUT2D eigenvalue weighted by Crippen LogP contribution is 2.33. The zero-order chi connectivity index (χ0) is 35.0. The summed E-state index contributed by atoms with van der Waals surface area (Å²) in [6.07, 6.45) is 42.9. The Hall–Kier alpha value is -1.76. The quantitative estimate of drug-likeness (QED) is 0.0671. The first-order chi connectivity index (χ1) is 24.2. The van der Waals surface area contributed by atoms with Crippen LogP contribution < -0.4 is 4.74 Å². The highest BCUT2D eigenvalue weighted by atomic mass is 16.5. The van der Waals surface area contributed by atoms with Crippen LogP contribution in [-0.4, -0.2) is 0 Å². The van der Waals surface area contributed by atoms with Gasteiger partial charge in [-0.25, -0.2) is 0 Å². The Kier molecular flexibility index (Phi) is 27.5. The molecule has 0 aliphatic rings. The van der Waals surface area contributed by atoms with Gasteiger partial charge in [-0.2, -0.15) is 0 Å². The predicted molar refractivity (Wildman–Crippen MR) is 220 cm³/mol. The number of hydrogen-bond donors (Lipinski definition) is 0. The maximum Gasteiger partial charge on any atom is 0.130 e. The van der Waals surface area contributed by atoms with Crippen molar-refractivity contribution >= 4 is 0 Å². The van der Waals surface area contributed by atoms with E-state index in [1.165, 1.54) is 215 Å². The summed E-state index contributed by atoms with van der Waals surface area (Å²) in [6.45, 7) is 9.24. The Morgan fingerprint density at radius 3 is 0.878 bits per heavy atom. The molecule has 2 aromatic rings. The van der Waals surface area contributed by atoms with Crippen LogP contribution in [-0.2, 0) is 25.7 Å². The molecule has 1 nitrogen and oxygen atoms in total. The van der Waals surface area contributed by atoms with Crippen molar-refractivity contribution in [2.45, 2.75) is 233 Å². The summed E-state index contributed by atoms with van der Waals surface area (Å²) >= 11 is 0. The fourth-order valence-corrected chi connectivity index (χ4v) is 7.40. The minimum Gasteiger partial charge on any atom is -0.457 e. The summed E-state index contributed by atoms with van der Waals surface area (Å²) < 4.78 is 6.93. The van der Waals surface area contributed by atoms with Gasteiger partial charge in [0.15, 0.2) is 0 Å². The van der Waals surface area contributed by atoms with E-state index in [0.717, 1.165) is 24.3 Å². The normalized spacial score (nSPS) is 11.4. The maximum absolute atomic E-state index is 6.93. The molecule has 0 bridgehead atoms. The van der Waals surface area contributed by atoms with Gasteiger partial charge in [-0.3, -0.25) is 0 Å². The average molecular weight is 675 g/mol. The molecule has 2 rings (SSSR count). The molecule has 0 fully saturated rings. The molecule has 0 aliphatic heterocycles. The van der Waals surface area contributed by atoms with Gasteiger partial charge in [-0.15, -0.1) is 0 Å². The minimum absolute atomic E-state index is 1.11. The Balaban J connectivity index is 2.10. The molecule has 49 heavy (non-hydrogen) atoms. The number of rotatable bonds is 34. The molecule has 0 aliphatic carbocycles. The second-order valence-electron chi connectivity index (χ2n) is 15.5. The third kappa shape index (κ3) is 21.9. The van der Waals surface area contributed by atoms with E-state index in [0.29, 0.717) is 0 Å². The van der Waals surface area contributed by atoms with E-state index in [1.54, 1.807) is 0 Å². The standard InChI is InChI=1S/C48H82O/c1-5-9-13-17-21-25-29-33-43-37-39-47(45(41-43)35-31-27-23-19-15-11-7-3)49-48-40-38-44(34-30-26-22-18-14-10-6-2)42-46(48)36-32-28-24-20-16-12-8-4/h37-42H,5-36H2,1-4H3. The number of unbranched alkanes of at least 4 members (excludes halogenated alkanes) is 24. The van der Waals surface area contributed by atoms with E-state index in [4.69, 9.17) is 4.74 Å². The smallest absolute Gasteiger partial charge is 0.130 e. The highest BCUT2D eigenvalue weighted by Gasteiger charge is 2.12. The number of benzene rings is 2. The largest absolute Gasteiger partial charge is 0.457 e. The van der Waals surface area contributed by atoms with E-state index in [9.17, 15) is 0 Å². The molecule has 0 saturated carbocycles. The molecule has 0 heterocycles. The van der Waals surface area contributed by atoms with Gasteiger partial charge >= 0.3 is 0 Å². The Bertz CT molecular complexity index is 940. The van der Waals surface area contributed by atoms with Crippen LogP contribution in [0.15, 0.2) is 36.4 Å². The van der Waals surface area contributed by atoms with Crippen molar-refractivity contribution in [3.05, 3.63) is 58.7 Å². The molecular weight excluding hydrogens is 593 g/mol. The van der Waals surface area contributed by atoms with Gasteiger partial charge in [-0.05, 0) is 85.8 Å². The van der Waals surface area contributed by atoms with Crippen molar-refractivity contribution in [1.82, 2.24) is 0 Å². The van der Waals surface area contributed by atoms with E-state index in [-0.39, 0.29) is 0 Å². The number of ether oxygens (including phenoxy) is 1. The first-order valence-electron chi connectivity index (χ1n) is 22.1. The van der Waals surface area contributed by atoms with Crippen molar-refractivity contribution < 1.29 is 4.74 Å². The summed E-state index contributed by atoms with van der Waals surface area (Å²) in [4.78, 5) is 0. The lowest BCUT2D eigenvalue weighted by Crippen LogP contribution is -1.99. The molecule has 1 heteroatoms.